The van der Waals surface area contributed by atoms with Crippen LogP contribution in [0.3, 0.4) is 0 Å². The van der Waals surface area contributed by atoms with E-state index in [9.17, 15) is 9.18 Å². The summed E-state index contributed by atoms with van der Waals surface area (Å²) in [6.45, 7) is 3.29. The minimum Gasteiger partial charge on any atom is -0.488 e. The third kappa shape index (κ3) is 5.49. The molecule has 182 valence electrons. The summed E-state index contributed by atoms with van der Waals surface area (Å²) in [6, 6.07) is 19.1. The van der Waals surface area contributed by atoms with Gasteiger partial charge >= 0.3 is 0 Å². The van der Waals surface area contributed by atoms with Crippen molar-refractivity contribution in [2.24, 2.45) is 11.1 Å². The Morgan fingerprint density at radius 2 is 1.71 bits per heavy atom. The van der Waals surface area contributed by atoms with Crippen LogP contribution in [0.4, 0.5) is 10.1 Å². The molecule has 1 heterocycles. The van der Waals surface area contributed by atoms with E-state index in [1.54, 1.807) is 6.07 Å². The van der Waals surface area contributed by atoms with Crippen LogP contribution in [0.2, 0.25) is 0 Å². The molecule has 0 amide bonds. The Morgan fingerprint density at radius 3 is 2.46 bits per heavy atom. The lowest BCUT2D eigenvalue weighted by Gasteiger charge is -2.34. The zero-order valence-electron chi connectivity index (χ0n) is 19.8. The van der Waals surface area contributed by atoms with Gasteiger partial charge in [0.15, 0.2) is 0 Å². The lowest BCUT2D eigenvalue weighted by molar-refractivity contribution is -0.129. The SMILES string of the molecule is NCc1cccc(-c2cc(COc3cc(F)ccc3COC=O)cc(N3CCC4(CC3)CC4)c2)c1. The maximum atomic E-state index is 13.9. The fourth-order valence-electron chi connectivity index (χ4n) is 4.97. The molecule has 1 saturated heterocycles. The zero-order chi connectivity index (χ0) is 24.3. The number of nitrogens with two attached hydrogens (primary N) is 1. The zero-order valence-corrected chi connectivity index (χ0v) is 19.8. The molecule has 1 aliphatic carbocycles. The Morgan fingerprint density at radius 1 is 0.914 bits per heavy atom. The molecule has 1 aliphatic heterocycles. The molecule has 2 fully saturated rings. The van der Waals surface area contributed by atoms with Crippen LogP contribution in [0.1, 0.15) is 42.4 Å². The Bertz CT molecular complexity index is 1200. The molecule has 3 aromatic carbocycles. The predicted molar refractivity (Wildman–Crippen MR) is 134 cm³/mol. The topological polar surface area (TPSA) is 64.8 Å². The summed E-state index contributed by atoms with van der Waals surface area (Å²) in [6.07, 6.45) is 5.23. The normalized spacial score (nSPS) is 16.2. The van der Waals surface area contributed by atoms with Crippen molar-refractivity contribution in [1.82, 2.24) is 0 Å². The minimum absolute atomic E-state index is 0.0335. The van der Waals surface area contributed by atoms with Gasteiger partial charge in [0.1, 0.15) is 24.8 Å². The first-order chi connectivity index (χ1) is 17.1. The number of ether oxygens (including phenoxy) is 2. The second-order valence-corrected chi connectivity index (χ2v) is 9.73. The quantitative estimate of drug-likeness (QED) is 0.410. The van der Waals surface area contributed by atoms with Gasteiger partial charge < -0.3 is 20.1 Å². The maximum absolute atomic E-state index is 13.9. The van der Waals surface area contributed by atoms with E-state index in [1.165, 1.54) is 43.5 Å². The van der Waals surface area contributed by atoms with Crippen molar-refractivity contribution in [3.63, 3.8) is 0 Å². The van der Waals surface area contributed by atoms with Crippen molar-refractivity contribution < 1.29 is 18.7 Å². The third-order valence-electron chi connectivity index (χ3n) is 7.35. The number of nitrogens with zero attached hydrogens (tertiary/aromatic N) is 1. The molecular weight excluding hydrogens is 443 g/mol. The summed E-state index contributed by atoms with van der Waals surface area (Å²) < 4.78 is 24.8. The molecule has 2 aliphatic rings. The summed E-state index contributed by atoms with van der Waals surface area (Å²) in [5.74, 6) is -0.0252. The van der Waals surface area contributed by atoms with Gasteiger partial charge in [-0.05, 0) is 89.8 Å². The molecule has 2 N–H and O–H groups in total. The summed E-state index contributed by atoms with van der Waals surface area (Å²) in [5, 5.41) is 0. The van der Waals surface area contributed by atoms with Gasteiger partial charge in [-0.15, -0.1) is 0 Å². The highest BCUT2D eigenvalue weighted by Crippen LogP contribution is 2.54. The number of rotatable bonds is 9. The highest BCUT2D eigenvalue weighted by molar-refractivity contribution is 5.70. The minimum atomic E-state index is -0.398. The van der Waals surface area contributed by atoms with Gasteiger partial charge in [-0.25, -0.2) is 4.39 Å². The monoisotopic (exact) mass is 474 g/mol. The molecule has 0 bridgehead atoms. The van der Waals surface area contributed by atoms with Crippen molar-refractivity contribution in [3.05, 3.63) is 83.2 Å². The van der Waals surface area contributed by atoms with Crippen molar-refractivity contribution in [1.29, 1.82) is 0 Å². The second-order valence-electron chi connectivity index (χ2n) is 9.73. The fraction of sp³-hybridized carbons (Fsp3) is 0.345. The number of hydrogen-bond donors (Lipinski definition) is 1. The van der Waals surface area contributed by atoms with Gasteiger partial charge in [-0.3, -0.25) is 4.79 Å². The molecule has 1 saturated carbocycles. The number of benzene rings is 3. The van der Waals surface area contributed by atoms with E-state index in [-0.39, 0.29) is 13.2 Å². The van der Waals surface area contributed by atoms with E-state index in [0.717, 1.165) is 35.3 Å². The summed E-state index contributed by atoms with van der Waals surface area (Å²) in [4.78, 5) is 13.1. The molecule has 0 aromatic heterocycles. The van der Waals surface area contributed by atoms with Crippen LogP contribution in [-0.4, -0.2) is 19.6 Å². The van der Waals surface area contributed by atoms with E-state index in [1.807, 2.05) is 12.1 Å². The number of hydrogen-bond acceptors (Lipinski definition) is 5. The first-order valence-corrected chi connectivity index (χ1v) is 12.2. The molecular formula is C29H31FN2O3. The maximum Gasteiger partial charge on any atom is 0.293 e. The van der Waals surface area contributed by atoms with E-state index < -0.39 is 5.82 Å². The molecule has 1 spiro atoms. The van der Waals surface area contributed by atoms with Crippen LogP contribution >= 0.6 is 0 Å². The van der Waals surface area contributed by atoms with Crippen molar-refractivity contribution in [2.75, 3.05) is 18.0 Å². The number of carbonyl (C=O) groups is 1. The molecule has 0 radical (unpaired) electrons. The lowest BCUT2D eigenvalue weighted by Crippen LogP contribution is -2.34. The van der Waals surface area contributed by atoms with Crippen LogP contribution in [0.5, 0.6) is 5.75 Å². The van der Waals surface area contributed by atoms with Crippen LogP contribution in [0.25, 0.3) is 11.1 Å². The van der Waals surface area contributed by atoms with Crippen molar-refractivity contribution in [3.8, 4) is 16.9 Å². The average Bonchev–Trinajstić information content (AvgIpc) is 3.65. The van der Waals surface area contributed by atoms with Gasteiger partial charge in [0, 0.05) is 37.0 Å². The molecule has 0 atom stereocenters. The summed E-state index contributed by atoms with van der Waals surface area (Å²) >= 11 is 0. The lowest BCUT2D eigenvalue weighted by atomic mass is 9.92. The third-order valence-corrected chi connectivity index (χ3v) is 7.35. The van der Waals surface area contributed by atoms with Gasteiger partial charge in [-0.2, -0.15) is 0 Å². The fourth-order valence-corrected chi connectivity index (χ4v) is 4.97. The Labute approximate surface area is 205 Å². The predicted octanol–water partition coefficient (Wildman–Crippen LogP) is 5.58. The molecule has 0 unspecified atom stereocenters. The smallest absolute Gasteiger partial charge is 0.293 e. The molecule has 35 heavy (non-hydrogen) atoms. The van der Waals surface area contributed by atoms with E-state index in [4.69, 9.17) is 15.2 Å². The van der Waals surface area contributed by atoms with Crippen molar-refractivity contribution in [2.45, 2.75) is 45.4 Å². The largest absolute Gasteiger partial charge is 0.488 e. The van der Waals surface area contributed by atoms with Crippen molar-refractivity contribution >= 4 is 12.2 Å². The number of carbonyl (C=O) groups excluding carboxylic acids is 1. The first kappa shape index (κ1) is 23.4. The Balaban J connectivity index is 1.43. The van der Waals surface area contributed by atoms with Gasteiger partial charge in [0.25, 0.3) is 6.47 Å². The molecule has 5 nitrogen and oxygen atoms in total. The van der Waals surface area contributed by atoms with E-state index in [2.05, 4.69) is 35.2 Å². The van der Waals surface area contributed by atoms with E-state index in [0.29, 0.717) is 29.7 Å². The van der Waals surface area contributed by atoms with Crippen LogP contribution < -0.4 is 15.4 Å². The summed E-state index contributed by atoms with van der Waals surface area (Å²) in [7, 11) is 0. The number of halogens is 1. The molecule has 3 aromatic rings. The van der Waals surface area contributed by atoms with Crippen LogP contribution in [-0.2, 0) is 29.3 Å². The van der Waals surface area contributed by atoms with Gasteiger partial charge in [0.05, 0.1) is 0 Å². The average molecular weight is 475 g/mol. The van der Waals surface area contributed by atoms with Crippen LogP contribution in [0.15, 0.2) is 60.7 Å². The van der Waals surface area contributed by atoms with Gasteiger partial charge in [-0.1, -0.05) is 18.2 Å². The highest BCUT2D eigenvalue weighted by atomic mass is 19.1. The number of piperidine rings is 1. The Hall–Kier alpha value is -3.38. The molecule has 5 rings (SSSR count). The standard InChI is InChI=1S/C29H31FN2O3/c30-26-5-4-24(19-34-20-33)28(16-26)35-18-22-13-25(23-3-1-2-21(12-23)17-31)15-27(14-22)32-10-8-29(6-7-29)9-11-32/h1-5,12-16,20H,6-11,17-19,31H2. The molecule has 6 heteroatoms. The number of anilines is 1. The highest BCUT2D eigenvalue weighted by Gasteiger charge is 2.44. The summed E-state index contributed by atoms with van der Waals surface area (Å²) in [5.41, 5.74) is 12.6. The van der Waals surface area contributed by atoms with Gasteiger partial charge in [0.2, 0.25) is 0 Å². The first-order valence-electron chi connectivity index (χ1n) is 12.2. The Kier molecular flexibility index (Phi) is 6.73. The second kappa shape index (κ2) is 10.1. The van der Waals surface area contributed by atoms with Crippen LogP contribution in [0, 0.1) is 11.2 Å². The van der Waals surface area contributed by atoms with E-state index >= 15 is 0 Å².